The van der Waals surface area contributed by atoms with Gasteiger partial charge in [0.1, 0.15) is 6.61 Å². The number of hydrogen-bond donors (Lipinski definition) is 1. The SMILES string of the molecule is C=C(C)[C@@H]1CC[C@]2(NCCN3CCS(=O)(=O)CC3)CC[C@]3(C)[C@H](CC[C@@H]4[C@@]5(C)CC=C(C6=CCC(C[O][AlH2])(C(=O)OCc7ccccc7)CC6)C(C)(C)[C@@H]5CC[C@]43C)[C@@H]12. The molecule has 9 heteroatoms. The fraction of sp³-hybridized carbons (Fsp3) is 0.740. The molecule has 1 aliphatic heterocycles. The minimum absolute atomic E-state index is 0.0561. The van der Waals surface area contributed by atoms with Crippen molar-refractivity contribution < 1.29 is 21.7 Å². The van der Waals surface area contributed by atoms with E-state index in [1.807, 2.05) is 30.3 Å². The van der Waals surface area contributed by atoms with Gasteiger partial charge in [0.25, 0.3) is 0 Å². The van der Waals surface area contributed by atoms with E-state index in [2.05, 4.69) is 70.5 Å². The van der Waals surface area contributed by atoms with Crippen LogP contribution in [0.2, 0.25) is 0 Å². The number of carbonyl (C=O) groups is 1. The van der Waals surface area contributed by atoms with Gasteiger partial charge in [0, 0.05) is 38.3 Å². The van der Waals surface area contributed by atoms with Crippen LogP contribution in [0, 0.1) is 56.7 Å². The van der Waals surface area contributed by atoms with Crippen LogP contribution in [-0.2, 0) is 29.8 Å². The van der Waals surface area contributed by atoms with E-state index in [1.54, 1.807) is 0 Å². The number of sulfone groups is 1. The van der Waals surface area contributed by atoms with Crippen LogP contribution in [-0.4, -0.2) is 85.7 Å². The van der Waals surface area contributed by atoms with Crippen molar-refractivity contribution in [2.24, 2.45) is 56.7 Å². The zero-order valence-corrected chi connectivity index (χ0v) is 40.5. The predicted octanol–water partition coefficient (Wildman–Crippen LogP) is 8.66. The van der Waals surface area contributed by atoms with E-state index >= 15 is 0 Å². The number of allylic oxidation sites excluding steroid dienone is 5. The minimum Gasteiger partial charge on any atom is -0.505 e. The lowest BCUT2D eigenvalue weighted by Crippen LogP contribution is -2.68. The molecular formula is C50H75AlN2O5S. The highest BCUT2D eigenvalue weighted by Gasteiger charge is 2.70. The van der Waals surface area contributed by atoms with Crippen molar-refractivity contribution in [3.05, 3.63) is 71.3 Å². The zero-order chi connectivity index (χ0) is 42.1. The summed E-state index contributed by atoms with van der Waals surface area (Å²) >= 11 is 0.604. The molecule has 6 aliphatic carbocycles. The molecule has 1 aromatic rings. The third kappa shape index (κ3) is 7.44. The second-order valence-electron chi connectivity index (χ2n) is 22.0. The second kappa shape index (κ2) is 16.1. The van der Waals surface area contributed by atoms with E-state index < -0.39 is 15.3 Å². The summed E-state index contributed by atoms with van der Waals surface area (Å²) in [5.74, 6) is 3.64. The zero-order valence-electron chi connectivity index (χ0n) is 37.7. The van der Waals surface area contributed by atoms with Crippen LogP contribution in [0.15, 0.2) is 65.8 Å². The van der Waals surface area contributed by atoms with Gasteiger partial charge >= 0.3 is 22.6 Å². The van der Waals surface area contributed by atoms with Crippen LogP contribution in [0.3, 0.4) is 0 Å². The molecule has 1 unspecified atom stereocenters. The summed E-state index contributed by atoms with van der Waals surface area (Å²) in [6, 6.07) is 10.00. The summed E-state index contributed by atoms with van der Waals surface area (Å²) in [5, 5.41) is 4.24. The molecule has 8 rings (SSSR count). The maximum atomic E-state index is 13.7. The topological polar surface area (TPSA) is 84.9 Å². The molecule has 59 heavy (non-hydrogen) atoms. The summed E-state index contributed by atoms with van der Waals surface area (Å²) in [4.78, 5) is 16.1. The van der Waals surface area contributed by atoms with Crippen molar-refractivity contribution in [3.8, 4) is 0 Å². The van der Waals surface area contributed by atoms with Crippen molar-refractivity contribution in [2.45, 2.75) is 131 Å². The minimum atomic E-state index is -2.87. The van der Waals surface area contributed by atoms with Gasteiger partial charge < -0.3 is 18.7 Å². The van der Waals surface area contributed by atoms with E-state index in [4.69, 9.17) is 8.53 Å². The van der Waals surface area contributed by atoms with Crippen LogP contribution in [0.4, 0.5) is 0 Å². The van der Waals surface area contributed by atoms with Gasteiger partial charge in [0.2, 0.25) is 0 Å². The fourth-order valence-corrected chi connectivity index (χ4v) is 17.5. The Labute approximate surface area is 365 Å². The smallest absolute Gasteiger partial charge is 0.410 e. The number of benzene rings is 1. The Kier molecular flexibility index (Phi) is 12.0. The molecule has 1 aromatic carbocycles. The van der Waals surface area contributed by atoms with Gasteiger partial charge in [-0.05, 0) is 152 Å². The Balaban J connectivity index is 1.000. The van der Waals surface area contributed by atoms with Gasteiger partial charge in [-0.2, -0.15) is 0 Å². The monoisotopic (exact) mass is 843 g/mol. The molecule has 0 aromatic heterocycles. The van der Waals surface area contributed by atoms with Crippen molar-refractivity contribution in [1.82, 2.24) is 10.2 Å². The standard InChI is InChI=1S/C50H73N2O5S.Al.2H/c1-35(2)38-17-24-50(51-27-28-52-29-31-58(55,56)32-30-52)26-25-47(6)40(43(38)50)13-14-42-46(5)20-18-39(45(3,4)41(46)19-21-48(42,47)7)37-15-22-49(34-53,23-16-37)44(54)57-33-36-11-9-8-10-12-36;;;/h8-12,15,18,38,40-43,51H,1,13-14,16-17,19-34H2,2-7H3;;;/q-1;+1;;/t38-,40+,41-,42+,43+,46-,47+,48+,49?,50-;;;/m0.../s1. The van der Waals surface area contributed by atoms with Crippen molar-refractivity contribution in [3.63, 3.8) is 0 Å². The Morgan fingerprint density at radius 3 is 2.32 bits per heavy atom. The van der Waals surface area contributed by atoms with E-state index in [0.717, 1.165) is 37.9 Å². The van der Waals surface area contributed by atoms with Gasteiger partial charge in [0.15, 0.2) is 9.84 Å². The lowest BCUT2D eigenvalue weighted by molar-refractivity contribution is -0.221. The molecule has 10 atom stereocenters. The quantitative estimate of drug-likeness (QED) is 0.136. The first-order valence-corrected chi connectivity index (χ1v) is 26.0. The maximum absolute atomic E-state index is 13.7. The molecule has 0 amide bonds. The summed E-state index contributed by atoms with van der Waals surface area (Å²) in [6.07, 6.45) is 18.7. The summed E-state index contributed by atoms with van der Waals surface area (Å²) in [6.45, 7) is 24.2. The lowest BCUT2D eigenvalue weighted by atomic mass is 9.33. The number of carbonyl (C=O) groups excluding carboxylic acids is 1. The molecule has 7 aliphatic rings. The molecule has 0 bridgehead atoms. The molecule has 7 nitrogen and oxygen atoms in total. The van der Waals surface area contributed by atoms with Crippen LogP contribution < -0.4 is 5.32 Å². The molecule has 0 spiro atoms. The van der Waals surface area contributed by atoms with Gasteiger partial charge in [-0.1, -0.05) is 89.3 Å². The number of ether oxygens (including phenoxy) is 1. The Morgan fingerprint density at radius 1 is 0.898 bits per heavy atom. The molecule has 1 N–H and O–H groups in total. The maximum Gasteiger partial charge on any atom is 0.410 e. The van der Waals surface area contributed by atoms with Crippen LogP contribution >= 0.6 is 0 Å². The number of nitrogens with zero attached hydrogens (tertiary/aromatic N) is 1. The molecule has 5 fully saturated rings. The lowest BCUT2D eigenvalue weighted by Gasteiger charge is -2.72. The largest absolute Gasteiger partial charge is 0.505 e. The van der Waals surface area contributed by atoms with Gasteiger partial charge in [-0.25, -0.2) is 8.42 Å². The molecule has 1 heterocycles. The Hall–Kier alpha value is -1.73. The molecular weight excluding hydrogens is 768 g/mol. The highest BCUT2D eigenvalue weighted by Crippen LogP contribution is 2.76. The molecule has 1 saturated heterocycles. The second-order valence-corrected chi connectivity index (χ2v) is 24.9. The number of rotatable bonds is 11. The number of nitrogens with one attached hydrogen (secondary N) is 1. The van der Waals surface area contributed by atoms with Crippen molar-refractivity contribution in [1.29, 1.82) is 0 Å². The highest BCUT2D eigenvalue weighted by atomic mass is 32.2. The Bertz CT molecular complexity index is 1930. The van der Waals surface area contributed by atoms with Crippen molar-refractivity contribution >= 4 is 32.4 Å². The normalized spacial score (nSPS) is 41.3. The first-order valence-electron chi connectivity index (χ1n) is 23.4. The predicted molar refractivity (Wildman–Crippen MR) is 241 cm³/mol. The van der Waals surface area contributed by atoms with Gasteiger partial charge in [-0.3, -0.25) is 4.79 Å². The number of hydrogen-bond acceptors (Lipinski definition) is 7. The summed E-state index contributed by atoms with van der Waals surface area (Å²) in [5.41, 5.74) is 5.79. The van der Waals surface area contributed by atoms with E-state index in [1.165, 1.54) is 68.1 Å². The van der Waals surface area contributed by atoms with Crippen molar-refractivity contribution in [2.75, 3.05) is 44.3 Å². The van der Waals surface area contributed by atoms with Crippen LogP contribution in [0.5, 0.6) is 0 Å². The number of fused-ring (bicyclic) bond motifs is 7. The van der Waals surface area contributed by atoms with Gasteiger partial charge in [0.05, 0.1) is 16.9 Å². The van der Waals surface area contributed by atoms with E-state index in [9.17, 15) is 13.2 Å². The number of esters is 1. The molecule has 324 valence electrons. The first-order chi connectivity index (χ1) is 27.9. The average molecular weight is 843 g/mol. The molecule has 0 radical (unpaired) electrons. The summed E-state index contributed by atoms with van der Waals surface area (Å²) < 4.78 is 36.0. The van der Waals surface area contributed by atoms with Gasteiger partial charge in [-0.15, -0.1) is 0 Å². The first kappa shape index (κ1) is 43.9. The molecule has 4 saturated carbocycles. The van der Waals surface area contributed by atoms with Crippen LogP contribution in [0.1, 0.15) is 124 Å². The summed E-state index contributed by atoms with van der Waals surface area (Å²) in [7, 11) is -2.87. The van der Waals surface area contributed by atoms with Crippen LogP contribution in [0.25, 0.3) is 0 Å². The Morgan fingerprint density at radius 2 is 1.64 bits per heavy atom. The van der Waals surface area contributed by atoms with E-state index in [0.29, 0.717) is 90.4 Å². The fourth-order valence-electron chi connectivity index (χ4n) is 15.7. The third-order valence-electron chi connectivity index (χ3n) is 19.0. The highest BCUT2D eigenvalue weighted by molar-refractivity contribution is 7.91. The third-order valence-corrected chi connectivity index (χ3v) is 20.9. The van der Waals surface area contributed by atoms with E-state index in [-0.39, 0.29) is 33.2 Å². The average Bonchev–Trinajstić information content (AvgIpc) is 3.59.